The number of rotatable bonds is 4. The van der Waals surface area contributed by atoms with Crippen LogP contribution in [0.3, 0.4) is 0 Å². The number of fused-ring (bicyclic) bond motifs is 1. The maximum absolute atomic E-state index is 12.2. The first-order valence-corrected chi connectivity index (χ1v) is 7.89. The van der Waals surface area contributed by atoms with E-state index in [0.29, 0.717) is 17.4 Å². The fourth-order valence-electron chi connectivity index (χ4n) is 3.36. The van der Waals surface area contributed by atoms with Gasteiger partial charge in [0.15, 0.2) is 0 Å². The quantitative estimate of drug-likeness (QED) is 0.401. The van der Waals surface area contributed by atoms with E-state index in [1.807, 2.05) is 0 Å². The van der Waals surface area contributed by atoms with E-state index in [0.717, 1.165) is 25.7 Å². The second-order valence-corrected chi connectivity index (χ2v) is 6.06. The number of allylic oxidation sites excluding steroid dienone is 2. The molecule has 1 aromatic rings. The van der Waals surface area contributed by atoms with Gasteiger partial charge in [0.1, 0.15) is 0 Å². The minimum absolute atomic E-state index is 0.0138. The number of hydrogen-bond donors (Lipinski definition) is 1. The van der Waals surface area contributed by atoms with Crippen molar-refractivity contribution in [3.8, 4) is 0 Å². The Hall–Kier alpha value is -2.50. The largest absolute Gasteiger partial charge is 0.273 e. The summed E-state index contributed by atoms with van der Waals surface area (Å²) in [6.07, 6.45) is 10.2. The van der Waals surface area contributed by atoms with Crippen molar-refractivity contribution in [1.82, 2.24) is 5.43 Å². The first kappa shape index (κ1) is 15.4. The highest BCUT2D eigenvalue weighted by molar-refractivity contribution is 5.85. The van der Waals surface area contributed by atoms with Gasteiger partial charge in [-0.25, -0.2) is 5.43 Å². The van der Waals surface area contributed by atoms with Crippen molar-refractivity contribution >= 4 is 17.8 Å². The normalized spacial score (nSPS) is 27.6. The summed E-state index contributed by atoms with van der Waals surface area (Å²) in [4.78, 5) is 22.3. The molecule has 1 fully saturated rings. The number of hydrogen-bond acceptors (Lipinski definition) is 4. The van der Waals surface area contributed by atoms with Gasteiger partial charge in [0.05, 0.1) is 11.1 Å². The van der Waals surface area contributed by atoms with Gasteiger partial charge in [-0.1, -0.05) is 12.2 Å². The summed E-state index contributed by atoms with van der Waals surface area (Å²) in [6, 6.07) is 6.03. The minimum atomic E-state index is -0.447. The van der Waals surface area contributed by atoms with Gasteiger partial charge in [0, 0.05) is 18.1 Å². The van der Waals surface area contributed by atoms with Gasteiger partial charge < -0.3 is 0 Å². The maximum atomic E-state index is 12.2. The zero-order chi connectivity index (χ0) is 16.2. The molecule has 2 aliphatic rings. The van der Waals surface area contributed by atoms with E-state index < -0.39 is 4.92 Å². The highest BCUT2D eigenvalue weighted by Crippen LogP contribution is 2.52. The minimum Gasteiger partial charge on any atom is -0.273 e. The maximum Gasteiger partial charge on any atom is 0.269 e. The van der Waals surface area contributed by atoms with E-state index in [1.54, 1.807) is 12.1 Å². The first-order valence-electron chi connectivity index (χ1n) is 7.89. The molecule has 0 spiro atoms. The number of nitrogens with one attached hydrogen (secondary N) is 1. The van der Waals surface area contributed by atoms with Gasteiger partial charge in [-0.3, -0.25) is 14.9 Å². The van der Waals surface area contributed by atoms with Gasteiger partial charge in [-0.05, 0) is 55.2 Å². The molecular formula is C17H19N3O3. The number of non-ortho nitro benzene ring substituents is 1. The monoisotopic (exact) mass is 313 g/mol. The number of carbonyl (C=O) groups excluding carboxylic acids is 1. The Bertz CT molecular complexity index is 636. The molecule has 1 saturated carbocycles. The van der Waals surface area contributed by atoms with Crippen LogP contribution in [0, 0.1) is 27.9 Å². The van der Waals surface area contributed by atoms with Crippen molar-refractivity contribution in [2.75, 3.05) is 0 Å². The number of amides is 1. The van der Waals surface area contributed by atoms with Crippen LogP contribution in [0.1, 0.15) is 31.2 Å². The molecule has 0 aromatic heterocycles. The van der Waals surface area contributed by atoms with E-state index in [9.17, 15) is 14.9 Å². The third-order valence-corrected chi connectivity index (χ3v) is 4.63. The van der Waals surface area contributed by atoms with Crippen molar-refractivity contribution in [2.45, 2.75) is 25.7 Å². The van der Waals surface area contributed by atoms with E-state index in [4.69, 9.17) is 0 Å². The molecule has 23 heavy (non-hydrogen) atoms. The van der Waals surface area contributed by atoms with Crippen LogP contribution in [0.25, 0.3) is 0 Å². The van der Waals surface area contributed by atoms with Crippen LogP contribution in [0.5, 0.6) is 0 Å². The molecule has 120 valence electrons. The van der Waals surface area contributed by atoms with Crippen LogP contribution in [-0.4, -0.2) is 17.0 Å². The summed E-state index contributed by atoms with van der Waals surface area (Å²) >= 11 is 0. The van der Waals surface area contributed by atoms with Crippen molar-refractivity contribution in [3.63, 3.8) is 0 Å². The molecule has 0 aliphatic heterocycles. The molecule has 2 atom stereocenters. The summed E-state index contributed by atoms with van der Waals surface area (Å²) < 4.78 is 0. The smallest absolute Gasteiger partial charge is 0.269 e. The Balaban J connectivity index is 1.52. The summed E-state index contributed by atoms with van der Waals surface area (Å²) in [7, 11) is 0. The van der Waals surface area contributed by atoms with Crippen LogP contribution < -0.4 is 5.43 Å². The van der Waals surface area contributed by atoms with Crippen LogP contribution in [0.15, 0.2) is 41.5 Å². The average molecular weight is 313 g/mol. The zero-order valence-corrected chi connectivity index (χ0v) is 12.7. The Labute approximate surface area is 134 Å². The van der Waals surface area contributed by atoms with Crippen molar-refractivity contribution in [1.29, 1.82) is 0 Å². The summed E-state index contributed by atoms with van der Waals surface area (Å²) in [6.45, 7) is 0. The van der Waals surface area contributed by atoms with Crippen molar-refractivity contribution < 1.29 is 9.72 Å². The van der Waals surface area contributed by atoms with Gasteiger partial charge in [0.25, 0.3) is 5.69 Å². The predicted molar refractivity (Wildman–Crippen MR) is 86.9 cm³/mol. The molecule has 2 aliphatic carbocycles. The standard InChI is InChI=1S/C17H19N3O3/c21-17(16-14-5-3-1-2-4-6-15(14)16)19-18-11-12-7-9-13(10-8-12)20(22)23/h1-2,7-11,14-16H,3-6H2,(H,19,21)/b2-1-,18-11-/t14-,15-/m0/s1. The molecular weight excluding hydrogens is 294 g/mol. The lowest BCUT2D eigenvalue weighted by Crippen LogP contribution is -2.21. The Kier molecular flexibility index (Phi) is 4.50. The lowest BCUT2D eigenvalue weighted by Gasteiger charge is -1.99. The lowest BCUT2D eigenvalue weighted by molar-refractivity contribution is -0.384. The molecule has 0 bridgehead atoms. The SMILES string of the molecule is O=C(N/N=C\c1ccc([N+](=O)[O-])cc1)C1[C@H]2CC/C=C\CC[C@H]12. The number of nitro groups is 1. The summed E-state index contributed by atoms with van der Waals surface area (Å²) in [5.41, 5.74) is 3.35. The molecule has 0 unspecified atom stereocenters. The average Bonchev–Trinajstić information content (AvgIpc) is 3.19. The second kappa shape index (κ2) is 6.73. The van der Waals surface area contributed by atoms with E-state index in [2.05, 4.69) is 22.7 Å². The van der Waals surface area contributed by atoms with E-state index in [-0.39, 0.29) is 17.5 Å². The molecule has 1 N–H and O–H groups in total. The number of benzene rings is 1. The third-order valence-electron chi connectivity index (χ3n) is 4.63. The van der Waals surface area contributed by atoms with Crippen LogP contribution in [-0.2, 0) is 4.79 Å². The number of nitro benzene ring substituents is 1. The first-order chi connectivity index (χ1) is 11.2. The number of carbonyl (C=O) groups is 1. The second-order valence-electron chi connectivity index (χ2n) is 6.06. The Morgan fingerprint density at radius 3 is 2.35 bits per heavy atom. The molecule has 6 nitrogen and oxygen atoms in total. The molecule has 1 aromatic carbocycles. The fraction of sp³-hybridized carbons (Fsp3) is 0.412. The predicted octanol–water partition coefficient (Wildman–Crippen LogP) is 3.04. The molecule has 1 amide bonds. The van der Waals surface area contributed by atoms with E-state index in [1.165, 1.54) is 18.3 Å². The third kappa shape index (κ3) is 3.64. The van der Waals surface area contributed by atoms with Gasteiger partial charge >= 0.3 is 0 Å². The van der Waals surface area contributed by atoms with Crippen LogP contribution in [0.2, 0.25) is 0 Å². The molecule has 3 rings (SSSR count). The zero-order valence-electron chi connectivity index (χ0n) is 12.7. The van der Waals surface area contributed by atoms with E-state index >= 15 is 0 Å². The fourth-order valence-corrected chi connectivity index (χ4v) is 3.36. The Morgan fingerprint density at radius 1 is 1.17 bits per heavy atom. The van der Waals surface area contributed by atoms with Crippen LogP contribution in [0.4, 0.5) is 5.69 Å². The lowest BCUT2D eigenvalue weighted by atomic mass is 10.1. The number of nitrogens with zero attached hydrogens (tertiary/aromatic N) is 2. The topological polar surface area (TPSA) is 84.6 Å². The van der Waals surface area contributed by atoms with Crippen LogP contribution >= 0.6 is 0 Å². The van der Waals surface area contributed by atoms with Gasteiger partial charge in [-0.2, -0.15) is 5.10 Å². The van der Waals surface area contributed by atoms with Crippen molar-refractivity contribution in [2.24, 2.45) is 22.9 Å². The van der Waals surface area contributed by atoms with Gasteiger partial charge in [0.2, 0.25) is 5.91 Å². The molecule has 6 heteroatoms. The molecule has 0 radical (unpaired) electrons. The summed E-state index contributed by atoms with van der Waals surface area (Å²) in [5.74, 6) is 1.06. The van der Waals surface area contributed by atoms with Crippen molar-refractivity contribution in [3.05, 3.63) is 52.1 Å². The van der Waals surface area contributed by atoms with Gasteiger partial charge in [-0.15, -0.1) is 0 Å². The summed E-state index contributed by atoms with van der Waals surface area (Å²) in [5, 5.41) is 14.6. The highest BCUT2D eigenvalue weighted by Gasteiger charge is 2.53. The Morgan fingerprint density at radius 2 is 1.78 bits per heavy atom. The highest BCUT2D eigenvalue weighted by atomic mass is 16.6. The molecule has 0 heterocycles. The molecule has 0 saturated heterocycles. The number of hydrazone groups is 1.